The molecule has 0 fully saturated rings. The molecule has 0 amide bonds. The summed E-state index contributed by atoms with van der Waals surface area (Å²) in [5.41, 5.74) is 1.56. The number of nitrogens with one attached hydrogen (secondary N) is 1. The summed E-state index contributed by atoms with van der Waals surface area (Å²) in [5, 5.41) is 0. The molecule has 0 atom stereocenters. The number of aromatic amines is 1. The first-order valence-corrected chi connectivity index (χ1v) is 4.43. The van der Waals surface area contributed by atoms with Crippen molar-refractivity contribution in [3.8, 4) is 0 Å². The molecule has 0 aliphatic heterocycles. The molecule has 0 unspecified atom stereocenters. The zero-order chi connectivity index (χ0) is 10.3. The molecule has 2 heterocycles. The first kappa shape index (κ1) is 9.01. The SMILES string of the molecule is Cc1nc2cnc(=S)[nH]c2n(C)c1=O. The van der Waals surface area contributed by atoms with Gasteiger partial charge in [0.1, 0.15) is 16.9 Å². The quantitative estimate of drug-likeness (QED) is 0.647. The normalized spacial score (nSPS) is 10.7. The van der Waals surface area contributed by atoms with Gasteiger partial charge in [0.2, 0.25) is 0 Å². The van der Waals surface area contributed by atoms with Crippen molar-refractivity contribution in [1.29, 1.82) is 0 Å². The lowest BCUT2D eigenvalue weighted by Crippen LogP contribution is -2.21. The van der Waals surface area contributed by atoms with Gasteiger partial charge in [-0.1, -0.05) is 0 Å². The third-order valence-electron chi connectivity index (χ3n) is 2.01. The Morgan fingerprint density at radius 2 is 2.29 bits per heavy atom. The van der Waals surface area contributed by atoms with Crippen molar-refractivity contribution in [2.75, 3.05) is 0 Å². The molecule has 0 spiro atoms. The van der Waals surface area contributed by atoms with Gasteiger partial charge in [-0.2, -0.15) is 0 Å². The summed E-state index contributed by atoms with van der Waals surface area (Å²) in [5.74, 6) is 0. The van der Waals surface area contributed by atoms with Crippen molar-refractivity contribution >= 4 is 23.4 Å². The van der Waals surface area contributed by atoms with Gasteiger partial charge in [0.25, 0.3) is 5.56 Å². The lowest BCUT2D eigenvalue weighted by atomic mass is 10.4. The maximum absolute atomic E-state index is 11.5. The number of aromatic nitrogens is 4. The highest BCUT2D eigenvalue weighted by Gasteiger charge is 2.04. The Balaban J connectivity index is 3.07. The Hall–Kier alpha value is -1.56. The standard InChI is InChI=1S/C8H8N4OS/c1-4-7(13)12(2)6-5(10-4)3-9-8(14)11-6/h3H,1-2H3,(H,9,11,14). The minimum atomic E-state index is -0.130. The van der Waals surface area contributed by atoms with E-state index in [0.29, 0.717) is 21.6 Å². The summed E-state index contributed by atoms with van der Waals surface area (Å²) in [4.78, 5) is 22.4. The van der Waals surface area contributed by atoms with Crippen LogP contribution in [0.4, 0.5) is 0 Å². The number of rotatable bonds is 0. The fraction of sp³-hybridized carbons (Fsp3) is 0.250. The van der Waals surface area contributed by atoms with Crippen molar-refractivity contribution in [3.63, 3.8) is 0 Å². The van der Waals surface area contributed by atoms with Gasteiger partial charge in [0.15, 0.2) is 4.77 Å². The molecule has 2 aromatic rings. The van der Waals surface area contributed by atoms with Crippen molar-refractivity contribution < 1.29 is 0 Å². The molecule has 0 saturated carbocycles. The monoisotopic (exact) mass is 208 g/mol. The lowest BCUT2D eigenvalue weighted by molar-refractivity contribution is 0.849. The van der Waals surface area contributed by atoms with Gasteiger partial charge in [-0.3, -0.25) is 9.36 Å². The summed E-state index contributed by atoms with van der Waals surface area (Å²) >= 11 is 4.87. The molecule has 0 bridgehead atoms. The summed E-state index contributed by atoms with van der Waals surface area (Å²) in [6.45, 7) is 1.67. The van der Waals surface area contributed by atoms with Crippen LogP contribution >= 0.6 is 12.2 Å². The maximum atomic E-state index is 11.5. The predicted molar refractivity (Wildman–Crippen MR) is 54.7 cm³/mol. The van der Waals surface area contributed by atoms with Gasteiger partial charge in [0, 0.05) is 7.05 Å². The van der Waals surface area contributed by atoms with Crippen molar-refractivity contribution in [1.82, 2.24) is 19.5 Å². The summed E-state index contributed by atoms with van der Waals surface area (Å²) in [7, 11) is 1.67. The van der Waals surface area contributed by atoms with Crippen LogP contribution in [-0.2, 0) is 7.05 Å². The number of aryl methyl sites for hydroxylation is 2. The van der Waals surface area contributed by atoms with Crippen molar-refractivity contribution in [2.24, 2.45) is 7.05 Å². The van der Waals surface area contributed by atoms with E-state index in [4.69, 9.17) is 12.2 Å². The van der Waals surface area contributed by atoms with Gasteiger partial charge in [0.05, 0.1) is 6.20 Å². The molecule has 0 radical (unpaired) electrons. The van der Waals surface area contributed by atoms with E-state index in [9.17, 15) is 4.79 Å². The second-order valence-electron chi connectivity index (χ2n) is 2.98. The van der Waals surface area contributed by atoms with Crippen LogP contribution in [0.1, 0.15) is 5.69 Å². The minimum absolute atomic E-state index is 0.130. The zero-order valence-electron chi connectivity index (χ0n) is 7.74. The Bertz CT molecular complexity index is 613. The summed E-state index contributed by atoms with van der Waals surface area (Å²) in [6, 6.07) is 0. The van der Waals surface area contributed by atoms with Crippen LogP contribution in [0.25, 0.3) is 11.2 Å². The fourth-order valence-corrected chi connectivity index (χ4v) is 1.44. The average molecular weight is 208 g/mol. The highest BCUT2D eigenvalue weighted by molar-refractivity contribution is 7.71. The smallest absolute Gasteiger partial charge is 0.273 e. The van der Waals surface area contributed by atoms with Crippen LogP contribution in [0.5, 0.6) is 0 Å². The predicted octanol–water partition coefficient (Wildman–Crippen LogP) is 0.695. The second-order valence-corrected chi connectivity index (χ2v) is 3.37. The molecule has 72 valence electrons. The van der Waals surface area contributed by atoms with Crippen molar-refractivity contribution in [2.45, 2.75) is 6.92 Å². The Morgan fingerprint density at radius 1 is 1.57 bits per heavy atom. The lowest BCUT2D eigenvalue weighted by Gasteiger charge is -2.03. The number of nitrogens with zero attached hydrogens (tertiary/aromatic N) is 3. The van der Waals surface area contributed by atoms with E-state index in [-0.39, 0.29) is 5.56 Å². The van der Waals surface area contributed by atoms with E-state index >= 15 is 0 Å². The Labute approximate surface area is 84.5 Å². The van der Waals surface area contributed by atoms with E-state index < -0.39 is 0 Å². The molecule has 0 aromatic carbocycles. The molecular formula is C8H8N4OS. The van der Waals surface area contributed by atoms with Gasteiger partial charge in [-0.25, -0.2) is 9.97 Å². The van der Waals surface area contributed by atoms with Crippen LogP contribution < -0.4 is 5.56 Å². The van der Waals surface area contributed by atoms with E-state index in [2.05, 4.69) is 15.0 Å². The molecule has 5 nitrogen and oxygen atoms in total. The van der Waals surface area contributed by atoms with Crippen LogP contribution in [0.3, 0.4) is 0 Å². The molecule has 14 heavy (non-hydrogen) atoms. The highest BCUT2D eigenvalue weighted by Crippen LogP contribution is 2.03. The number of hydrogen-bond donors (Lipinski definition) is 1. The first-order chi connectivity index (χ1) is 6.59. The minimum Gasteiger partial charge on any atom is -0.315 e. The number of fused-ring (bicyclic) bond motifs is 1. The Kier molecular flexibility index (Phi) is 1.92. The van der Waals surface area contributed by atoms with Gasteiger partial charge in [-0.05, 0) is 19.1 Å². The van der Waals surface area contributed by atoms with Crippen LogP contribution in [0.2, 0.25) is 0 Å². The van der Waals surface area contributed by atoms with E-state index in [1.54, 1.807) is 20.2 Å². The molecule has 2 rings (SSSR count). The van der Waals surface area contributed by atoms with Crippen molar-refractivity contribution in [3.05, 3.63) is 27.0 Å². The summed E-state index contributed by atoms with van der Waals surface area (Å²) < 4.78 is 1.83. The van der Waals surface area contributed by atoms with Crippen LogP contribution in [0, 0.1) is 11.7 Å². The van der Waals surface area contributed by atoms with Gasteiger partial charge >= 0.3 is 0 Å². The van der Waals surface area contributed by atoms with Gasteiger partial charge < -0.3 is 4.98 Å². The molecule has 2 aromatic heterocycles. The zero-order valence-corrected chi connectivity index (χ0v) is 8.55. The van der Waals surface area contributed by atoms with Crippen LogP contribution in [-0.4, -0.2) is 19.5 Å². The van der Waals surface area contributed by atoms with E-state index in [1.165, 1.54) is 4.57 Å². The third-order valence-corrected chi connectivity index (χ3v) is 2.22. The summed E-state index contributed by atoms with van der Waals surface area (Å²) in [6.07, 6.45) is 1.56. The molecule has 0 aliphatic carbocycles. The Morgan fingerprint density at radius 3 is 3.00 bits per heavy atom. The fourth-order valence-electron chi connectivity index (χ4n) is 1.29. The maximum Gasteiger partial charge on any atom is 0.273 e. The van der Waals surface area contributed by atoms with E-state index in [0.717, 1.165) is 0 Å². The molecule has 0 aliphatic rings. The average Bonchev–Trinajstić information content (AvgIpc) is 2.16. The number of H-pyrrole nitrogens is 1. The van der Waals surface area contributed by atoms with Crippen LogP contribution in [0.15, 0.2) is 11.0 Å². The molecular weight excluding hydrogens is 200 g/mol. The molecule has 1 N–H and O–H groups in total. The third kappa shape index (κ3) is 1.24. The second kappa shape index (κ2) is 2.98. The first-order valence-electron chi connectivity index (χ1n) is 4.02. The largest absolute Gasteiger partial charge is 0.315 e. The molecule has 0 saturated heterocycles. The van der Waals surface area contributed by atoms with E-state index in [1.807, 2.05) is 0 Å². The van der Waals surface area contributed by atoms with Gasteiger partial charge in [-0.15, -0.1) is 0 Å². The topological polar surface area (TPSA) is 63.6 Å². The molecule has 6 heteroatoms. The number of hydrogen-bond acceptors (Lipinski definition) is 4. The highest BCUT2D eigenvalue weighted by atomic mass is 32.1.